The van der Waals surface area contributed by atoms with Crippen molar-refractivity contribution in [1.29, 1.82) is 0 Å². The minimum Gasteiger partial charge on any atom is -0.481 e. The number of carboxylic acids is 1. The monoisotopic (exact) mass is 912 g/mol. The van der Waals surface area contributed by atoms with Gasteiger partial charge >= 0.3 is 12.1 Å². The molecule has 4 aromatic rings. The van der Waals surface area contributed by atoms with E-state index in [1.165, 1.54) is 41.4 Å². The van der Waals surface area contributed by atoms with Gasteiger partial charge in [-0.05, 0) is 48.9 Å². The summed E-state index contributed by atoms with van der Waals surface area (Å²) in [5.41, 5.74) is 4.40. The molecule has 2 aromatic carbocycles. The molecular weight excluding hydrogens is 872 g/mol. The van der Waals surface area contributed by atoms with Crippen molar-refractivity contribution in [2.45, 2.75) is 69.1 Å². The van der Waals surface area contributed by atoms with Crippen LogP contribution in [0.25, 0.3) is 0 Å². The molecule has 4 heterocycles. The number of benzene rings is 2. The van der Waals surface area contributed by atoms with Crippen molar-refractivity contribution in [3.63, 3.8) is 0 Å². The predicted molar refractivity (Wildman–Crippen MR) is 213 cm³/mol. The van der Waals surface area contributed by atoms with E-state index in [0.29, 0.717) is 34.1 Å². The van der Waals surface area contributed by atoms with Crippen LogP contribution >= 0.6 is 18.9 Å². The molecule has 1 aliphatic carbocycles. The maximum Gasteiger partial charge on any atom is 0.416 e. The number of halogens is 4. The first-order chi connectivity index (χ1) is 28.3. The van der Waals surface area contributed by atoms with Crippen molar-refractivity contribution in [2.75, 3.05) is 37.1 Å². The zero-order valence-electron chi connectivity index (χ0n) is 33.1. The lowest BCUT2D eigenvalue weighted by Gasteiger charge is -2.28. The summed E-state index contributed by atoms with van der Waals surface area (Å²) in [4.78, 5) is 49.4. The van der Waals surface area contributed by atoms with Gasteiger partial charge < -0.3 is 29.6 Å². The number of nitrogens with two attached hydrogens (primary N) is 1. The van der Waals surface area contributed by atoms with Gasteiger partial charge in [-0.1, -0.05) is 24.9 Å². The number of nitrogens with zero attached hydrogens (tertiary/aromatic N) is 5. The van der Waals surface area contributed by atoms with Crippen LogP contribution in [0.1, 0.15) is 72.1 Å². The molecule has 1 amide bonds. The number of terminal acetylenes is 1. The maximum atomic E-state index is 14.5. The summed E-state index contributed by atoms with van der Waals surface area (Å²) in [5, 5.41) is 11.8. The SMILES string of the molecule is C#CCN1C(=O)COc2cc(F)c(/N=c3\snc4n3CC(C)(C)C4)cc21.CP(=O)(O)CCC(N)C(=O)O.CS(=O)(=O)c1cc(C(F)(F)F)ccc1C(=O)c1cnoc1C1CC1. The molecular formula is C38H41F4N6O10PS2. The number of aliphatic carboxylic acids is 1. The lowest BCUT2D eigenvalue weighted by molar-refractivity contribution is -0.139. The van der Waals surface area contributed by atoms with Gasteiger partial charge in [0.05, 0.1) is 34.5 Å². The van der Waals surface area contributed by atoms with Gasteiger partial charge in [-0.3, -0.25) is 23.8 Å². The molecule has 0 spiro atoms. The minimum atomic E-state index is -4.71. The largest absolute Gasteiger partial charge is 0.481 e. The lowest BCUT2D eigenvalue weighted by Crippen LogP contribution is -2.39. The summed E-state index contributed by atoms with van der Waals surface area (Å²) < 4.78 is 104. The molecule has 2 atom stereocenters. The van der Waals surface area contributed by atoms with Crippen molar-refractivity contribution in [3.05, 3.63) is 75.4 Å². The molecule has 2 unspecified atom stereocenters. The van der Waals surface area contributed by atoms with Crippen LogP contribution in [0.15, 0.2) is 50.9 Å². The van der Waals surface area contributed by atoms with E-state index in [0.717, 1.165) is 44.0 Å². The van der Waals surface area contributed by atoms with Crippen LogP contribution in [0.3, 0.4) is 0 Å². The normalized spacial score (nSPS) is 17.3. The van der Waals surface area contributed by atoms with Crippen LogP contribution in [0.4, 0.5) is 28.9 Å². The fourth-order valence-electron chi connectivity index (χ4n) is 6.15. The molecule has 328 valence electrons. The summed E-state index contributed by atoms with van der Waals surface area (Å²) >= 11 is 1.24. The van der Waals surface area contributed by atoms with Crippen LogP contribution in [0, 0.1) is 23.6 Å². The number of rotatable bonds is 10. The molecule has 1 saturated carbocycles. The number of anilines is 1. The Morgan fingerprint density at radius 2 is 1.90 bits per heavy atom. The second-order valence-electron chi connectivity index (χ2n) is 15.4. The first-order valence-electron chi connectivity index (χ1n) is 18.3. The van der Waals surface area contributed by atoms with E-state index in [4.69, 9.17) is 31.4 Å². The molecule has 23 heteroatoms. The summed E-state index contributed by atoms with van der Waals surface area (Å²) in [6.07, 6.45) is 5.07. The molecule has 4 N–H and O–H groups in total. The minimum absolute atomic E-state index is 0.0412. The number of carboxylic acid groups (broad SMARTS) is 1. The van der Waals surface area contributed by atoms with E-state index in [2.05, 4.69) is 34.3 Å². The molecule has 2 aliphatic heterocycles. The Bertz CT molecular complexity index is 2620. The number of fused-ring (bicyclic) bond motifs is 2. The van der Waals surface area contributed by atoms with E-state index < -0.39 is 57.5 Å². The number of alkyl halides is 3. The number of amides is 1. The number of carbonyl (C=O) groups is 3. The van der Waals surface area contributed by atoms with Gasteiger partial charge in [-0.25, -0.2) is 17.8 Å². The number of hydrogen-bond acceptors (Lipinski definition) is 13. The molecule has 16 nitrogen and oxygen atoms in total. The lowest BCUT2D eigenvalue weighted by atomic mass is 9.92. The number of ether oxygens (including phenoxy) is 1. The van der Waals surface area contributed by atoms with Gasteiger partial charge in [0.2, 0.25) is 4.80 Å². The Morgan fingerprint density at radius 3 is 2.49 bits per heavy atom. The Balaban J connectivity index is 0.000000188. The topological polar surface area (TPSA) is 238 Å². The van der Waals surface area contributed by atoms with Gasteiger partial charge in [0.1, 0.15) is 23.3 Å². The molecule has 2 aromatic heterocycles. The van der Waals surface area contributed by atoms with Crippen molar-refractivity contribution in [1.82, 2.24) is 14.1 Å². The molecule has 0 bridgehead atoms. The molecule has 61 heavy (non-hydrogen) atoms. The van der Waals surface area contributed by atoms with Crippen molar-refractivity contribution < 1.29 is 64.2 Å². The highest BCUT2D eigenvalue weighted by Crippen LogP contribution is 2.43. The fourth-order valence-corrected chi connectivity index (χ4v) is 8.56. The number of carbonyl (C=O) groups excluding carboxylic acids is 2. The number of hydrogen-bond donors (Lipinski definition) is 3. The summed E-state index contributed by atoms with van der Waals surface area (Å²) in [7, 11) is -7.14. The third-order valence-electron chi connectivity index (χ3n) is 9.35. The van der Waals surface area contributed by atoms with E-state index in [-0.39, 0.29) is 59.8 Å². The number of sulfone groups is 1. The Kier molecular flexibility index (Phi) is 13.8. The average Bonchev–Trinajstić information content (AvgIpc) is 3.65. The van der Waals surface area contributed by atoms with Crippen LogP contribution < -0.4 is 20.2 Å². The first kappa shape index (κ1) is 46.9. The van der Waals surface area contributed by atoms with Crippen molar-refractivity contribution in [3.8, 4) is 18.1 Å². The zero-order valence-corrected chi connectivity index (χ0v) is 35.6. The van der Waals surface area contributed by atoms with Crippen LogP contribution in [-0.2, 0) is 43.1 Å². The molecule has 0 radical (unpaired) electrons. The second kappa shape index (κ2) is 18.0. The summed E-state index contributed by atoms with van der Waals surface area (Å²) in [6, 6.07) is 3.77. The van der Waals surface area contributed by atoms with Crippen molar-refractivity contribution in [2.24, 2.45) is 16.1 Å². The highest BCUT2D eigenvalue weighted by Gasteiger charge is 2.37. The second-order valence-corrected chi connectivity index (χ2v) is 20.6. The zero-order chi connectivity index (χ0) is 45.2. The standard InChI is InChI=1S/C18H17FN4O2S.C15H12F3NO4S.C5H12NO4P/c1-4-5-22-13-7-12(11(19)6-14(13)25-9-16(22)24)20-17-23-10-18(2,3)8-15(23)21-26-17;1-24(21,22)12-6-9(15(16,17)18)4-5-10(12)13(20)11-7-19-23-14(11)8-2-3-8;1-11(9,10)3-2-4(6)5(7)8/h1,6-7H,5,8-10H2,2-3H3;4-8H,2-3H2,1H3;4H,2-3,6H2,1H3,(H,7,8)(H,9,10)/b20-17-;;. The Morgan fingerprint density at radius 1 is 1.21 bits per heavy atom. The average molecular weight is 913 g/mol. The van der Waals surface area contributed by atoms with Gasteiger partial charge in [-0.15, -0.1) is 6.42 Å². The number of aromatic nitrogens is 3. The van der Waals surface area contributed by atoms with E-state index >= 15 is 0 Å². The highest BCUT2D eigenvalue weighted by atomic mass is 32.2. The van der Waals surface area contributed by atoms with E-state index in [1.54, 1.807) is 0 Å². The van der Waals surface area contributed by atoms with Crippen LogP contribution in [0.5, 0.6) is 5.75 Å². The van der Waals surface area contributed by atoms with Gasteiger partial charge in [0.25, 0.3) is 5.91 Å². The van der Waals surface area contributed by atoms with E-state index in [1.807, 2.05) is 4.57 Å². The van der Waals surface area contributed by atoms with Gasteiger partial charge in [0, 0.05) is 61.1 Å². The molecule has 0 saturated heterocycles. The maximum absolute atomic E-state index is 14.5. The summed E-state index contributed by atoms with van der Waals surface area (Å²) in [6.45, 7) is 6.24. The quantitative estimate of drug-likeness (QED) is 0.0809. The molecule has 3 aliphatic rings. The van der Waals surface area contributed by atoms with Crippen molar-refractivity contribution >= 4 is 57.8 Å². The van der Waals surface area contributed by atoms with E-state index in [9.17, 15) is 44.9 Å². The van der Waals surface area contributed by atoms with Gasteiger partial charge in [-0.2, -0.15) is 17.5 Å². The molecule has 1 fully saturated rings. The first-order valence-corrected chi connectivity index (χ1v) is 23.2. The van der Waals surface area contributed by atoms with Crippen LogP contribution in [-0.4, -0.2) is 88.5 Å². The van der Waals surface area contributed by atoms with Crippen LogP contribution in [0.2, 0.25) is 0 Å². The summed E-state index contributed by atoms with van der Waals surface area (Å²) in [5.74, 6) is 1.46. The van der Waals surface area contributed by atoms with Gasteiger partial charge in [0.15, 0.2) is 41.2 Å². The molecule has 7 rings (SSSR count). The highest BCUT2D eigenvalue weighted by molar-refractivity contribution is 7.90. The predicted octanol–water partition coefficient (Wildman–Crippen LogP) is 5.15. The Hall–Kier alpha value is -5.20. The Labute approximate surface area is 351 Å². The smallest absolute Gasteiger partial charge is 0.416 e. The number of ketones is 1. The third kappa shape index (κ3) is 11.8. The fraction of sp³-hybridized carbons (Fsp3) is 0.421. The third-order valence-corrected chi connectivity index (χ3v) is 12.4.